The molecule has 0 spiro atoms. The van der Waals surface area contributed by atoms with Crippen LogP contribution in [0, 0.1) is 11.8 Å². The van der Waals surface area contributed by atoms with E-state index >= 15 is 0 Å². The summed E-state index contributed by atoms with van der Waals surface area (Å²) in [6.07, 6.45) is 0.166. The highest BCUT2D eigenvalue weighted by molar-refractivity contribution is 7.94. The minimum Gasteiger partial charge on any atom is -0.347 e. The van der Waals surface area contributed by atoms with E-state index in [4.69, 9.17) is 13.3 Å². The van der Waals surface area contributed by atoms with E-state index in [9.17, 15) is 47.9 Å². The summed E-state index contributed by atoms with van der Waals surface area (Å²) in [5.41, 5.74) is 7.10. The van der Waals surface area contributed by atoms with E-state index in [1.54, 1.807) is 67.3 Å². The first-order valence-corrected chi connectivity index (χ1v) is 23.6. The number of hydrogen-bond donors (Lipinski definition) is 9. The number of nitrogens with two attached hydrogens (primary N) is 1. The van der Waals surface area contributed by atoms with Crippen molar-refractivity contribution < 1.29 is 47.9 Å². The Kier molecular flexibility index (Phi) is 25.1. The van der Waals surface area contributed by atoms with Gasteiger partial charge in [0.1, 0.15) is 37.5 Å². The number of Topliss-reactive ketones (excluding diaryl/α,β-unsaturated/α-hetero) is 1. The molecule has 8 amide bonds. The van der Waals surface area contributed by atoms with Crippen LogP contribution in [0.15, 0.2) is 60.7 Å². The Morgan fingerprint density at radius 3 is 1.35 bits per heavy atom. The van der Waals surface area contributed by atoms with Gasteiger partial charge in [-0.05, 0) is 55.8 Å². The molecule has 0 aliphatic heterocycles. The van der Waals surface area contributed by atoms with Gasteiger partial charge in [0.2, 0.25) is 47.3 Å². The lowest BCUT2D eigenvalue weighted by molar-refractivity contribution is -0.133. The SMILES string of the molecule is [B]P(C)C(=O)CNC(=O)C(CC(C)C)NC(=O)C(Cc1ccccc1)NC(=O)CNC(=O)C(N)CCC(=O)NCC(=O)NC(Cc1ccccc1)C(=O)NC(CC(C)C)C(=O)NCC(C)=O. The minimum atomic E-state index is -1.42. The topological polar surface area (TPSA) is 293 Å². The summed E-state index contributed by atoms with van der Waals surface area (Å²) in [5, 5.41) is 20.4. The van der Waals surface area contributed by atoms with E-state index in [1.807, 2.05) is 27.7 Å². The summed E-state index contributed by atoms with van der Waals surface area (Å²) in [6, 6.07) is 12.1. The van der Waals surface area contributed by atoms with E-state index in [-0.39, 0.29) is 74.8 Å². The predicted octanol–water partition coefficient (Wildman–Crippen LogP) is -0.614. The maximum Gasteiger partial charge on any atom is 0.243 e. The van der Waals surface area contributed by atoms with Crippen molar-refractivity contribution >= 4 is 73.9 Å². The van der Waals surface area contributed by atoms with Crippen LogP contribution in [0.2, 0.25) is 0 Å². The average molecular weight is 934 g/mol. The molecule has 2 radical (unpaired) electrons. The molecule has 358 valence electrons. The van der Waals surface area contributed by atoms with Crippen LogP contribution < -0.4 is 48.3 Å². The third kappa shape index (κ3) is 22.8. The molecule has 2 aromatic rings. The molecule has 0 heterocycles. The van der Waals surface area contributed by atoms with Crippen molar-refractivity contribution in [3.63, 3.8) is 0 Å². The van der Waals surface area contributed by atoms with Crippen molar-refractivity contribution in [3.8, 4) is 0 Å². The van der Waals surface area contributed by atoms with E-state index in [0.717, 1.165) is 0 Å². The molecular formula is C45H65BN9O10P. The lowest BCUT2D eigenvalue weighted by Gasteiger charge is -2.24. The summed E-state index contributed by atoms with van der Waals surface area (Å²) in [5.74, 6) is -5.58. The van der Waals surface area contributed by atoms with Crippen LogP contribution in [0.3, 0.4) is 0 Å². The monoisotopic (exact) mass is 933 g/mol. The molecule has 0 aliphatic rings. The molecule has 6 atom stereocenters. The first-order chi connectivity index (χ1) is 31.1. The van der Waals surface area contributed by atoms with Gasteiger partial charge in [0.15, 0.2) is 5.52 Å². The fourth-order valence-corrected chi connectivity index (χ4v) is 6.62. The fraction of sp³-hybridized carbons (Fsp3) is 0.511. The van der Waals surface area contributed by atoms with Crippen molar-refractivity contribution in [1.29, 1.82) is 0 Å². The van der Waals surface area contributed by atoms with Gasteiger partial charge in [-0.3, -0.25) is 47.9 Å². The molecule has 0 aromatic heterocycles. The lowest BCUT2D eigenvalue weighted by atomic mass is 10.0. The van der Waals surface area contributed by atoms with Gasteiger partial charge in [0, 0.05) is 19.3 Å². The summed E-state index contributed by atoms with van der Waals surface area (Å²) in [7, 11) is 4.25. The summed E-state index contributed by atoms with van der Waals surface area (Å²) in [4.78, 5) is 128. The molecule has 2 rings (SSSR count). The Hall–Kier alpha value is -6.01. The van der Waals surface area contributed by atoms with Crippen molar-refractivity contribution in [1.82, 2.24) is 42.5 Å². The number of hydrogen-bond acceptors (Lipinski definition) is 11. The summed E-state index contributed by atoms with van der Waals surface area (Å²) in [6.45, 7) is 8.72. The smallest absolute Gasteiger partial charge is 0.243 e. The highest BCUT2D eigenvalue weighted by Gasteiger charge is 2.30. The molecule has 2 aromatic carbocycles. The van der Waals surface area contributed by atoms with E-state index in [1.165, 1.54) is 6.92 Å². The van der Waals surface area contributed by atoms with Gasteiger partial charge in [-0.15, -0.1) is 0 Å². The Bertz CT molecular complexity index is 1970. The van der Waals surface area contributed by atoms with E-state index in [0.29, 0.717) is 11.1 Å². The van der Waals surface area contributed by atoms with Gasteiger partial charge in [-0.1, -0.05) is 96.2 Å². The molecule has 19 nitrogen and oxygen atoms in total. The molecule has 6 unspecified atom stereocenters. The Morgan fingerprint density at radius 2 is 0.939 bits per heavy atom. The van der Waals surface area contributed by atoms with E-state index < -0.39 is 98.4 Å². The third-order valence-corrected chi connectivity index (χ3v) is 10.7. The molecule has 0 aliphatic carbocycles. The summed E-state index contributed by atoms with van der Waals surface area (Å²) >= 11 is 0. The molecular weight excluding hydrogens is 868 g/mol. The van der Waals surface area contributed by atoms with Crippen molar-refractivity contribution in [2.45, 2.75) is 103 Å². The minimum absolute atomic E-state index is 0.00151. The van der Waals surface area contributed by atoms with Crippen LogP contribution in [-0.2, 0) is 60.8 Å². The largest absolute Gasteiger partial charge is 0.347 e. The van der Waals surface area contributed by atoms with Gasteiger partial charge >= 0.3 is 0 Å². The second-order valence-corrected chi connectivity index (χ2v) is 18.5. The zero-order valence-corrected chi connectivity index (χ0v) is 39.5. The van der Waals surface area contributed by atoms with Gasteiger partial charge in [0.25, 0.3) is 0 Å². The quantitative estimate of drug-likeness (QED) is 0.0366. The molecule has 66 heavy (non-hydrogen) atoms. The normalized spacial score (nSPS) is 13.7. The number of carbonyl (C=O) groups is 10. The second-order valence-electron chi connectivity index (χ2n) is 16.8. The number of rotatable bonds is 29. The molecule has 0 saturated carbocycles. The number of carbonyl (C=O) groups excluding carboxylic acids is 10. The fourth-order valence-electron chi connectivity index (χ4n) is 6.29. The molecule has 0 bridgehead atoms. The van der Waals surface area contributed by atoms with Crippen molar-refractivity contribution in [2.75, 3.05) is 32.8 Å². The molecule has 0 fully saturated rings. The van der Waals surface area contributed by atoms with Crippen LogP contribution in [0.5, 0.6) is 0 Å². The van der Waals surface area contributed by atoms with Gasteiger partial charge < -0.3 is 48.3 Å². The van der Waals surface area contributed by atoms with Crippen molar-refractivity contribution in [3.05, 3.63) is 71.8 Å². The predicted molar refractivity (Wildman–Crippen MR) is 250 cm³/mol. The first-order valence-electron chi connectivity index (χ1n) is 21.8. The van der Waals surface area contributed by atoms with Gasteiger partial charge in [0.05, 0.1) is 32.2 Å². The number of amides is 8. The van der Waals surface area contributed by atoms with Crippen LogP contribution in [0.4, 0.5) is 0 Å². The van der Waals surface area contributed by atoms with E-state index in [2.05, 4.69) is 42.5 Å². The van der Waals surface area contributed by atoms with Crippen LogP contribution in [0.25, 0.3) is 0 Å². The standard InChI is InChI=1S/C45H65BN9O10P/c1-27(2)19-33(42(62)49-23-29(5)56)54-44(64)35(21-30-13-9-7-10-14-30)52-38(58)24-48-37(57)18-17-32(47)41(61)50-25-39(59)53-36(22-31-15-11-8-12-16-31)45(65)55-34(20-28(3)4)43(63)51-26-40(60)66(6)46/h7-16,27-28,32-36H,17-26,47H2,1-6H3,(H,48,57)(H,49,62)(H,50,61)(H,51,63)(H,52,58)(H,53,59)(H,54,64)(H,55,65). The zero-order valence-electron chi connectivity index (χ0n) is 38.6. The van der Waals surface area contributed by atoms with Crippen LogP contribution in [-0.4, -0.2) is 129 Å². The highest BCUT2D eigenvalue weighted by atomic mass is 31.1. The second kappa shape index (κ2) is 29.5. The van der Waals surface area contributed by atoms with Crippen molar-refractivity contribution in [2.24, 2.45) is 17.6 Å². The summed E-state index contributed by atoms with van der Waals surface area (Å²) < 4.78 is 0. The zero-order chi connectivity index (χ0) is 49.3. The van der Waals surface area contributed by atoms with Gasteiger partial charge in [-0.2, -0.15) is 0 Å². The van der Waals surface area contributed by atoms with Crippen LogP contribution >= 0.6 is 7.80 Å². The lowest BCUT2D eigenvalue weighted by Crippen LogP contribution is -2.56. The van der Waals surface area contributed by atoms with Gasteiger partial charge in [-0.25, -0.2) is 0 Å². The number of nitrogens with one attached hydrogen (secondary N) is 8. The maximum absolute atomic E-state index is 13.6. The Balaban J connectivity index is 1.98. The Morgan fingerprint density at radius 1 is 0.530 bits per heavy atom. The molecule has 0 saturated heterocycles. The maximum atomic E-state index is 13.6. The number of benzene rings is 2. The molecule has 21 heteroatoms. The third-order valence-electron chi connectivity index (χ3n) is 9.76. The highest BCUT2D eigenvalue weighted by Crippen LogP contribution is 2.23. The van der Waals surface area contributed by atoms with Crippen LogP contribution in [0.1, 0.15) is 71.4 Å². The average Bonchev–Trinajstić information content (AvgIpc) is 3.26. The first kappa shape index (κ1) is 56.1. The molecule has 10 N–H and O–H groups in total. The number of ketones is 1. The Labute approximate surface area is 388 Å².